The van der Waals surface area contributed by atoms with Gasteiger partial charge in [-0.25, -0.2) is 0 Å². The SMILES string of the molecule is C(C=Cc1ccccc1)=Cc1ccccc1.C1=C[CH]([Zr][CH]2C=Cc3ccccc32)c2ccccc21.C[Si](C)(C)C(=O)[NH][InH][NH]C(=O)[Si](C)(C)C. The molecule has 0 heterocycles. The van der Waals surface area contributed by atoms with Gasteiger partial charge in [0.05, 0.1) is 0 Å². The van der Waals surface area contributed by atoms with Crippen molar-refractivity contribution in [3.8, 4) is 0 Å². The molecule has 2 N–H and O–H groups in total. The number of amides is 2. The Balaban J connectivity index is 0.000000171. The summed E-state index contributed by atoms with van der Waals surface area (Å²) in [5, 5.41) is 0. The molecule has 0 bridgehead atoms. The number of fused-ring (bicyclic) bond motifs is 2. The van der Waals surface area contributed by atoms with Crippen molar-refractivity contribution in [3.05, 3.63) is 167 Å². The predicted octanol–water partition coefficient (Wildman–Crippen LogP) is 10.5. The van der Waals surface area contributed by atoms with Gasteiger partial charge in [0.1, 0.15) is 0 Å². The quantitative estimate of drug-likeness (QED) is 0.130. The van der Waals surface area contributed by atoms with Crippen LogP contribution in [0.2, 0.25) is 39.3 Å². The molecule has 2 aliphatic rings. The van der Waals surface area contributed by atoms with E-state index in [4.69, 9.17) is 0 Å². The van der Waals surface area contributed by atoms with E-state index in [9.17, 15) is 9.59 Å². The number of carbonyl (C=O) groups excluding carboxylic acids is 2. The number of hydrogen-bond acceptors (Lipinski definition) is 2. The number of carbonyl (C=O) groups is 2. The maximum atomic E-state index is 11.6. The van der Waals surface area contributed by atoms with Crippen molar-refractivity contribution in [1.82, 2.24) is 6.61 Å². The first kappa shape index (κ1) is 39.7. The number of hydrogen-bond donors (Lipinski definition) is 2. The van der Waals surface area contributed by atoms with Gasteiger partial charge in [0.25, 0.3) is 0 Å². The standard InChI is InChI=1S/C16H14.2C9H7.2C4H11NOSi.In.Zr.H/c1-3-9-15(10-4-1)13-7-8-14-16-11-5-2-6-12-16;2*1-2-5-9-7-3-6-8(9)4-1;2*1-7(2,3)4(5)6;;;/h1-14H;2*1-7H;2*1-3H3,(H2,5,6);;;/q;;;;;+2;;/p-2. The van der Waals surface area contributed by atoms with Gasteiger partial charge in [0.2, 0.25) is 0 Å². The van der Waals surface area contributed by atoms with Crippen LogP contribution in [0.15, 0.2) is 133 Å². The van der Waals surface area contributed by atoms with Crippen LogP contribution in [0.5, 0.6) is 0 Å². The summed E-state index contributed by atoms with van der Waals surface area (Å²) in [6, 6.07) is 38.3. The van der Waals surface area contributed by atoms with Crippen molar-refractivity contribution in [2.45, 2.75) is 46.5 Å². The zero-order valence-electron chi connectivity index (χ0n) is 30.2. The molecule has 0 aromatic heterocycles. The van der Waals surface area contributed by atoms with Crippen molar-refractivity contribution in [2.24, 2.45) is 0 Å². The van der Waals surface area contributed by atoms with E-state index < -0.39 is 62.9 Å². The van der Waals surface area contributed by atoms with Gasteiger partial charge < -0.3 is 0 Å². The maximum absolute atomic E-state index is 11.6. The van der Waals surface area contributed by atoms with Crippen molar-refractivity contribution in [1.29, 1.82) is 0 Å². The van der Waals surface area contributed by atoms with Gasteiger partial charge in [-0.15, -0.1) is 0 Å². The van der Waals surface area contributed by atoms with Crippen LogP contribution in [0.4, 0.5) is 9.59 Å². The Morgan fingerprint density at radius 1 is 0.560 bits per heavy atom. The Hall–Kier alpha value is -3.03. The third-order valence-electron chi connectivity index (χ3n) is 8.11. The minimum atomic E-state index is -1.72. The van der Waals surface area contributed by atoms with Crippen molar-refractivity contribution >= 4 is 75.0 Å². The molecule has 0 saturated carbocycles. The number of allylic oxidation sites excluding steroid dienone is 4. The van der Waals surface area contributed by atoms with E-state index in [0.29, 0.717) is 0 Å². The van der Waals surface area contributed by atoms with Gasteiger partial charge in [0, 0.05) is 0 Å². The average Bonchev–Trinajstić information content (AvgIpc) is 3.71. The zero-order valence-corrected chi connectivity index (χ0v) is 38.7. The van der Waals surface area contributed by atoms with Gasteiger partial charge in [-0.2, -0.15) is 0 Å². The molecule has 4 aromatic carbocycles. The van der Waals surface area contributed by atoms with Crippen molar-refractivity contribution < 1.29 is 32.8 Å². The Morgan fingerprint density at radius 2 is 0.920 bits per heavy atom. The van der Waals surface area contributed by atoms with Crippen molar-refractivity contribution in [2.75, 3.05) is 0 Å². The molecule has 0 aliphatic heterocycles. The van der Waals surface area contributed by atoms with E-state index in [1.807, 2.05) is 75.7 Å². The number of nitrogens with one attached hydrogen (secondary N) is 2. The molecule has 2 unspecified atom stereocenters. The third-order valence-corrected chi connectivity index (χ3v) is 20.3. The van der Waals surface area contributed by atoms with Crippen LogP contribution in [-0.4, -0.2) is 50.7 Å². The Kier molecular flexibility index (Phi) is 15.5. The molecule has 50 heavy (non-hydrogen) atoms. The monoisotopic (exact) mass is 874 g/mol. The Bertz CT molecular complexity index is 1690. The van der Waals surface area contributed by atoms with E-state index in [0.717, 1.165) is 7.25 Å². The number of benzene rings is 4. The summed E-state index contributed by atoms with van der Waals surface area (Å²) in [5.41, 5.74) is 8.79. The molecular formula is C42H49InN2O2Si2Zr. The third kappa shape index (κ3) is 12.9. The Morgan fingerprint density at radius 3 is 1.30 bits per heavy atom. The first-order chi connectivity index (χ1) is 23.9. The summed E-state index contributed by atoms with van der Waals surface area (Å²) in [6.07, 6.45) is 17.8. The minimum absolute atomic E-state index is 0.175. The molecule has 4 nitrogen and oxygen atoms in total. The fraction of sp³-hybridized carbons (Fsp3) is 0.190. The van der Waals surface area contributed by atoms with E-state index >= 15 is 0 Å². The normalized spacial score (nSPS) is 15.6. The van der Waals surface area contributed by atoms with E-state index in [1.165, 1.54) is 22.3 Å². The molecule has 2 atom stereocenters. The second-order valence-corrected chi connectivity index (χ2v) is 31.1. The van der Waals surface area contributed by atoms with Crippen LogP contribution in [0.1, 0.15) is 40.6 Å². The van der Waals surface area contributed by atoms with E-state index in [2.05, 4.69) is 128 Å². The number of rotatable bonds is 9. The second kappa shape index (κ2) is 19.5. The molecular weight excluding hydrogens is 827 g/mol. The predicted molar refractivity (Wildman–Crippen MR) is 218 cm³/mol. The summed E-state index contributed by atoms with van der Waals surface area (Å²) in [7, 11) is -3.43. The fourth-order valence-corrected chi connectivity index (χ4v) is 21.8. The Labute approximate surface area is 325 Å². The van der Waals surface area contributed by atoms with Gasteiger partial charge in [0.15, 0.2) is 0 Å². The summed E-state index contributed by atoms with van der Waals surface area (Å²) >= 11 is -2.14. The first-order valence-electron chi connectivity index (χ1n) is 17.2. The van der Waals surface area contributed by atoms with Gasteiger partial charge in [-0.05, 0) is 11.1 Å². The van der Waals surface area contributed by atoms with E-state index in [-0.39, 0.29) is 11.1 Å². The average molecular weight is 876 g/mol. The molecule has 8 heteroatoms. The van der Waals surface area contributed by atoms with Crippen LogP contribution < -0.4 is 6.61 Å². The van der Waals surface area contributed by atoms with Crippen LogP contribution in [0.3, 0.4) is 0 Å². The summed E-state index contributed by atoms with van der Waals surface area (Å²) in [5.74, 6) is 0. The van der Waals surface area contributed by atoms with Gasteiger partial charge in [-0.1, -0.05) is 85.0 Å². The zero-order chi connectivity index (χ0) is 36.0. The molecule has 6 rings (SSSR count). The van der Waals surface area contributed by atoms with Crippen LogP contribution in [0.25, 0.3) is 24.3 Å². The van der Waals surface area contributed by atoms with Crippen LogP contribution >= 0.6 is 0 Å². The topological polar surface area (TPSA) is 58.2 Å². The molecule has 0 fully saturated rings. The fourth-order valence-electron chi connectivity index (χ4n) is 5.18. The molecule has 2 aliphatic carbocycles. The summed E-state index contributed by atoms with van der Waals surface area (Å²) < 4.78 is 7.37. The molecule has 0 saturated heterocycles. The van der Waals surface area contributed by atoms with Gasteiger partial charge >= 0.3 is 232 Å². The van der Waals surface area contributed by atoms with Crippen LogP contribution in [-0.2, 0) is 23.2 Å². The molecule has 0 radical (unpaired) electrons. The van der Waals surface area contributed by atoms with Gasteiger partial charge in [-0.3, -0.25) is 0 Å². The summed E-state index contributed by atoms with van der Waals surface area (Å²) in [6.45, 7) is 12.1. The van der Waals surface area contributed by atoms with Crippen molar-refractivity contribution in [3.63, 3.8) is 0 Å². The van der Waals surface area contributed by atoms with Crippen LogP contribution in [0, 0.1) is 0 Å². The second-order valence-electron chi connectivity index (χ2n) is 14.3. The molecule has 4 aromatic rings. The summed E-state index contributed by atoms with van der Waals surface area (Å²) in [4.78, 5) is 23.1. The molecule has 254 valence electrons. The van der Waals surface area contributed by atoms with E-state index in [1.54, 1.807) is 11.1 Å². The molecule has 2 amide bonds. The first-order valence-corrected chi connectivity index (χ1v) is 31.1. The molecule has 0 spiro atoms.